The minimum absolute atomic E-state index is 0.0293. The molecule has 5 rings (SSSR count). The summed E-state index contributed by atoms with van der Waals surface area (Å²) in [5.74, 6) is -0.0351. The van der Waals surface area contributed by atoms with Gasteiger partial charge in [-0.25, -0.2) is 0 Å². The van der Waals surface area contributed by atoms with Gasteiger partial charge in [0.15, 0.2) is 5.84 Å². The third kappa shape index (κ3) is 4.66. The first-order valence-corrected chi connectivity index (χ1v) is 13.6. The van der Waals surface area contributed by atoms with E-state index in [9.17, 15) is 5.11 Å². The fraction of sp³-hybridized carbons (Fsp3) is 0.161. The van der Waals surface area contributed by atoms with Gasteiger partial charge < -0.3 is 9.84 Å². The summed E-state index contributed by atoms with van der Waals surface area (Å²) in [7, 11) is 1.47. The van der Waals surface area contributed by atoms with Crippen LogP contribution >= 0.6 is 34.5 Å². The fourth-order valence-corrected chi connectivity index (χ4v) is 6.30. The van der Waals surface area contributed by atoms with Gasteiger partial charge in [-0.15, -0.1) is 11.3 Å². The van der Waals surface area contributed by atoms with Crippen molar-refractivity contribution in [2.75, 3.05) is 7.11 Å². The lowest BCUT2D eigenvalue weighted by Gasteiger charge is -2.23. The predicted molar refractivity (Wildman–Crippen MR) is 162 cm³/mol. The van der Waals surface area contributed by atoms with Gasteiger partial charge in [0, 0.05) is 31.3 Å². The van der Waals surface area contributed by atoms with Gasteiger partial charge in [-0.1, -0.05) is 86.4 Å². The number of phenolic OH excluding ortho intramolecular Hbond substituents is 1. The van der Waals surface area contributed by atoms with Gasteiger partial charge in [0.25, 0.3) is 0 Å². The molecule has 5 aromatic rings. The Hall–Kier alpha value is -3.38. The van der Waals surface area contributed by atoms with E-state index >= 15 is 0 Å². The van der Waals surface area contributed by atoms with Gasteiger partial charge in [-0.3, -0.25) is 5.41 Å². The summed E-state index contributed by atoms with van der Waals surface area (Å²) >= 11 is 14.3. The Labute approximate surface area is 235 Å². The Morgan fingerprint density at radius 3 is 2.24 bits per heavy atom. The summed E-state index contributed by atoms with van der Waals surface area (Å²) in [6.07, 6.45) is 0. The van der Waals surface area contributed by atoms with Crippen molar-refractivity contribution in [1.82, 2.24) is 0 Å². The number of aliphatic imine (C=N–C) groups is 1. The summed E-state index contributed by atoms with van der Waals surface area (Å²) in [5, 5.41) is 23.2. The predicted octanol–water partition coefficient (Wildman–Crippen LogP) is 9.45. The number of thiophene rings is 1. The largest absolute Gasteiger partial charge is 0.506 e. The highest BCUT2D eigenvalue weighted by Gasteiger charge is 2.24. The van der Waals surface area contributed by atoms with E-state index in [4.69, 9.17) is 33.3 Å². The number of aromatic hydroxyl groups is 1. The Kier molecular flexibility index (Phi) is 6.95. The van der Waals surface area contributed by atoms with Crippen molar-refractivity contribution in [3.05, 3.63) is 99.5 Å². The minimum Gasteiger partial charge on any atom is -0.506 e. The van der Waals surface area contributed by atoms with Crippen LogP contribution in [0.4, 0.5) is 0 Å². The number of nitrogens with one attached hydrogen (secondary N) is 1. The first-order valence-electron chi connectivity index (χ1n) is 12.0. The number of ether oxygens (including phenoxy) is 1. The average Bonchev–Trinajstić information content (AvgIpc) is 3.26. The SMILES string of the molecule is COC(=NC(=N)c1c(Cl)cccc1Cl)c1cc(C(C)(C)C)cc(-c2cccc3c2sc2ccccc23)c1O. The zero-order valence-electron chi connectivity index (χ0n) is 21.4. The third-order valence-electron chi connectivity index (χ3n) is 6.51. The Morgan fingerprint density at radius 1 is 0.895 bits per heavy atom. The van der Waals surface area contributed by atoms with Crippen LogP contribution < -0.4 is 0 Å². The topological polar surface area (TPSA) is 65.7 Å². The number of hydrogen-bond acceptors (Lipinski definition) is 4. The molecule has 0 atom stereocenters. The molecule has 2 N–H and O–H groups in total. The second kappa shape index (κ2) is 10.1. The molecular weight excluding hydrogens is 535 g/mol. The molecule has 1 heterocycles. The lowest BCUT2D eigenvalue weighted by molar-refractivity contribution is 0.400. The van der Waals surface area contributed by atoms with Crippen LogP contribution in [0.5, 0.6) is 5.75 Å². The second-order valence-electron chi connectivity index (χ2n) is 10.0. The van der Waals surface area contributed by atoms with Crippen LogP contribution in [-0.4, -0.2) is 23.9 Å². The molecule has 4 nitrogen and oxygen atoms in total. The van der Waals surface area contributed by atoms with Gasteiger partial charge in [0.05, 0.1) is 28.3 Å². The number of halogens is 2. The van der Waals surface area contributed by atoms with Gasteiger partial charge in [0.2, 0.25) is 5.90 Å². The van der Waals surface area contributed by atoms with E-state index in [-0.39, 0.29) is 22.9 Å². The molecule has 4 aromatic carbocycles. The monoisotopic (exact) mass is 560 g/mol. The molecule has 0 unspecified atom stereocenters. The van der Waals surface area contributed by atoms with Crippen molar-refractivity contribution in [3.8, 4) is 16.9 Å². The quantitative estimate of drug-likeness (QED) is 0.170. The van der Waals surface area contributed by atoms with Crippen molar-refractivity contribution < 1.29 is 9.84 Å². The van der Waals surface area contributed by atoms with Crippen molar-refractivity contribution >= 4 is 66.4 Å². The van der Waals surface area contributed by atoms with E-state index in [1.807, 2.05) is 36.4 Å². The maximum atomic E-state index is 11.7. The molecule has 1 aromatic heterocycles. The molecule has 0 aliphatic carbocycles. The van der Waals surface area contributed by atoms with Gasteiger partial charge >= 0.3 is 0 Å². The first kappa shape index (κ1) is 26.2. The normalized spacial score (nSPS) is 12.3. The van der Waals surface area contributed by atoms with Gasteiger partial charge in [-0.05, 0) is 41.3 Å². The van der Waals surface area contributed by atoms with Gasteiger partial charge in [-0.2, -0.15) is 4.99 Å². The molecule has 0 spiro atoms. The molecule has 192 valence electrons. The molecule has 0 saturated carbocycles. The summed E-state index contributed by atoms with van der Waals surface area (Å²) in [6, 6.07) is 23.4. The minimum atomic E-state index is -0.232. The molecule has 0 fully saturated rings. The Morgan fingerprint density at radius 2 is 1.55 bits per heavy atom. The Bertz CT molecular complexity index is 1730. The van der Waals surface area contributed by atoms with E-state index < -0.39 is 0 Å². The van der Waals surface area contributed by atoms with E-state index in [0.29, 0.717) is 26.7 Å². The molecule has 38 heavy (non-hydrogen) atoms. The number of fused-ring (bicyclic) bond motifs is 3. The van der Waals surface area contributed by atoms with E-state index in [1.54, 1.807) is 29.5 Å². The summed E-state index contributed by atoms with van der Waals surface area (Å²) in [4.78, 5) is 4.42. The highest BCUT2D eigenvalue weighted by atomic mass is 35.5. The van der Waals surface area contributed by atoms with Crippen molar-refractivity contribution in [2.45, 2.75) is 26.2 Å². The highest BCUT2D eigenvalue weighted by Crippen LogP contribution is 2.44. The van der Waals surface area contributed by atoms with Crippen LogP contribution in [0, 0.1) is 5.41 Å². The number of nitrogens with zero attached hydrogens (tertiary/aromatic N) is 1. The van der Waals surface area contributed by atoms with E-state index in [1.165, 1.54) is 17.2 Å². The molecule has 0 amide bonds. The molecule has 0 saturated heterocycles. The first-order chi connectivity index (χ1) is 18.1. The van der Waals surface area contributed by atoms with Gasteiger partial charge in [0.1, 0.15) is 5.75 Å². The van der Waals surface area contributed by atoms with Crippen LogP contribution in [0.1, 0.15) is 37.5 Å². The maximum Gasteiger partial charge on any atom is 0.226 e. The lowest BCUT2D eigenvalue weighted by atomic mass is 9.83. The van der Waals surface area contributed by atoms with E-state index in [0.717, 1.165) is 21.2 Å². The van der Waals surface area contributed by atoms with Crippen LogP contribution in [0.2, 0.25) is 10.0 Å². The molecule has 7 heteroatoms. The zero-order chi connectivity index (χ0) is 27.2. The summed E-state index contributed by atoms with van der Waals surface area (Å²) < 4.78 is 7.92. The number of methoxy groups -OCH3 is 1. The van der Waals surface area contributed by atoms with Crippen LogP contribution in [0.3, 0.4) is 0 Å². The van der Waals surface area contributed by atoms with Crippen LogP contribution in [0.15, 0.2) is 77.8 Å². The second-order valence-corrected chi connectivity index (χ2v) is 11.9. The molecule has 0 bridgehead atoms. The van der Waals surface area contributed by atoms with Crippen molar-refractivity contribution in [1.29, 1.82) is 5.41 Å². The number of benzene rings is 4. The average molecular weight is 562 g/mol. The highest BCUT2D eigenvalue weighted by molar-refractivity contribution is 7.26. The molecule has 0 aliphatic rings. The standard InChI is InChI=1S/C31H26Cl2N2O2S/c1-31(2,3)17-15-21(20-11-7-10-19-18-9-5-6-14-25(18)38-28(19)20)27(36)22(16-17)30(37-4)35-29(34)26-23(32)12-8-13-24(26)33/h5-16,34,36H,1-4H3. The maximum absolute atomic E-state index is 11.7. The van der Waals surface area contributed by atoms with Crippen molar-refractivity contribution in [3.63, 3.8) is 0 Å². The van der Waals surface area contributed by atoms with E-state index in [2.05, 4.69) is 44.0 Å². The number of rotatable bonds is 3. The summed E-state index contributed by atoms with van der Waals surface area (Å²) in [5.41, 5.74) is 3.05. The Balaban J connectivity index is 1.75. The van der Waals surface area contributed by atoms with Crippen LogP contribution in [-0.2, 0) is 10.2 Å². The number of phenols is 1. The van der Waals surface area contributed by atoms with Crippen LogP contribution in [0.25, 0.3) is 31.3 Å². The number of amidine groups is 1. The third-order valence-corrected chi connectivity index (χ3v) is 8.36. The smallest absolute Gasteiger partial charge is 0.226 e. The molecule has 0 radical (unpaired) electrons. The number of hydrogen-bond donors (Lipinski definition) is 2. The van der Waals surface area contributed by atoms with Crippen molar-refractivity contribution in [2.24, 2.45) is 4.99 Å². The molecule has 0 aliphatic heterocycles. The molecular formula is C31H26Cl2N2O2S. The summed E-state index contributed by atoms with van der Waals surface area (Å²) in [6.45, 7) is 6.34. The zero-order valence-corrected chi connectivity index (χ0v) is 23.7. The lowest BCUT2D eigenvalue weighted by Crippen LogP contribution is -2.15. The fourth-order valence-electron chi connectivity index (χ4n) is 4.49.